The number of carbonyl (C=O) groups excluding carboxylic acids is 1. The van der Waals surface area contributed by atoms with Crippen LogP contribution in [0.25, 0.3) is 17.4 Å². The maximum absolute atomic E-state index is 11.6. The zero-order chi connectivity index (χ0) is 15.7. The minimum Gasteiger partial charge on any atom is -0.478 e. The lowest BCUT2D eigenvalue weighted by Gasteiger charge is -2.02. The van der Waals surface area contributed by atoms with Crippen molar-refractivity contribution in [2.45, 2.75) is 4.71 Å². The van der Waals surface area contributed by atoms with Crippen LogP contribution in [0.4, 0.5) is 0 Å². The Balaban J connectivity index is 1.94. The van der Waals surface area contributed by atoms with E-state index in [4.69, 9.17) is 4.42 Å². The maximum atomic E-state index is 11.6. The molecule has 3 rings (SSSR count). The number of carbonyl (C=O) groups is 2. The van der Waals surface area contributed by atoms with E-state index >= 15 is 0 Å². The van der Waals surface area contributed by atoms with E-state index in [9.17, 15) is 14.7 Å². The third-order valence-corrected chi connectivity index (χ3v) is 4.38. The van der Waals surface area contributed by atoms with Crippen LogP contribution in [0.15, 0.2) is 45.7 Å². The molecule has 0 bridgehead atoms. The number of thioether (sulfide) groups is 1. The number of amides is 1. The Morgan fingerprint density at radius 3 is 2.77 bits per heavy atom. The van der Waals surface area contributed by atoms with E-state index in [0.29, 0.717) is 22.0 Å². The first-order chi connectivity index (χ1) is 10.5. The van der Waals surface area contributed by atoms with Crippen molar-refractivity contribution in [1.29, 1.82) is 0 Å². The Morgan fingerprint density at radius 1 is 1.32 bits per heavy atom. The number of hydrogen-bond acceptors (Lipinski definition) is 5. The van der Waals surface area contributed by atoms with Crippen molar-refractivity contribution in [3.05, 3.63) is 52.6 Å². The van der Waals surface area contributed by atoms with Crippen molar-refractivity contribution < 1.29 is 19.1 Å². The third kappa shape index (κ3) is 2.90. The molecule has 0 radical (unpaired) electrons. The molecule has 0 spiro atoms. The normalized spacial score (nSPS) is 19.4. The van der Waals surface area contributed by atoms with Gasteiger partial charge in [-0.05, 0) is 18.2 Å². The minimum atomic E-state index is -1.02. The Hall–Kier alpha value is -2.12. The number of carboxylic acids is 1. The van der Waals surface area contributed by atoms with Crippen LogP contribution in [-0.4, -0.2) is 21.7 Å². The van der Waals surface area contributed by atoms with Crippen LogP contribution >= 0.6 is 24.4 Å². The zero-order valence-corrected chi connectivity index (χ0v) is 12.9. The molecule has 1 aliphatic heterocycles. The van der Waals surface area contributed by atoms with Gasteiger partial charge in [0.05, 0.1) is 10.5 Å². The molecule has 5 nitrogen and oxygen atoms in total. The molecule has 1 saturated heterocycles. The highest BCUT2D eigenvalue weighted by Crippen LogP contribution is 2.32. The smallest absolute Gasteiger partial charge is 0.336 e. The van der Waals surface area contributed by atoms with E-state index < -0.39 is 5.97 Å². The van der Waals surface area contributed by atoms with Crippen LogP contribution in [0.5, 0.6) is 0 Å². The number of nitrogens with one attached hydrogen (secondary N) is 1. The summed E-state index contributed by atoms with van der Waals surface area (Å²) in [5.41, 5.74) is 0.662. The molecule has 0 saturated carbocycles. The first-order valence-electron chi connectivity index (χ1n) is 6.34. The highest BCUT2D eigenvalue weighted by Gasteiger charge is 2.24. The summed E-state index contributed by atoms with van der Waals surface area (Å²) in [6.07, 6.45) is 1.61. The van der Waals surface area contributed by atoms with Crippen LogP contribution < -0.4 is 5.32 Å². The highest BCUT2D eigenvalue weighted by molar-refractivity contribution is 8.14. The number of rotatable bonds is 3. The molecule has 112 valence electrons. The number of thiol groups is 1. The molecular weight excluding hydrogens is 322 g/mol. The molecule has 1 fully saturated rings. The predicted molar refractivity (Wildman–Crippen MR) is 87.6 cm³/mol. The fraction of sp³-hybridized carbons (Fsp3) is 0.0667. The lowest BCUT2D eigenvalue weighted by Crippen LogP contribution is -2.19. The van der Waals surface area contributed by atoms with Gasteiger partial charge in [-0.2, -0.15) is 0 Å². The van der Waals surface area contributed by atoms with Crippen molar-refractivity contribution in [2.24, 2.45) is 0 Å². The summed E-state index contributed by atoms with van der Waals surface area (Å²) in [6.45, 7) is 0. The fourth-order valence-corrected chi connectivity index (χ4v) is 3.29. The first-order valence-corrected chi connectivity index (χ1v) is 7.74. The second-order valence-electron chi connectivity index (χ2n) is 4.51. The molecule has 2 aromatic rings. The highest BCUT2D eigenvalue weighted by atomic mass is 32.2. The maximum Gasteiger partial charge on any atom is 0.336 e. The van der Waals surface area contributed by atoms with Gasteiger partial charge >= 0.3 is 5.97 Å². The van der Waals surface area contributed by atoms with E-state index in [2.05, 4.69) is 17.9 Å². The van der Waals surface area contributed by atoms with Crippen molar-refractivity contribution in [2.75, 3.05) is 0 Å². The lowest BCUT2D eigenvalue weighted by molar-refractivity contribution is -0.116. The summed E-state index contributed by atoms with van der Waals surface area (Å²) in [5.74, 6) is -0.296. The van der Waals surface area contributed by atoms with E-state index in [-0.39, 0.29) is 16.2 Å². The molecule has 7 heteroatoms. The largest absolute Gasteiger partial charge is 0.478 e. The second-order valence-corrected chi connectivity index (χ2v) is 6.52. The van der Waals surface area contributed by atoms with Gasteiger partial charge in [0, 0.05) is 11.6 Å². The number of hydrogen-bond donors (Lipinski definition) is 3. The van der Waals surface area contributed by atoms with Gasteiger partial charge in [-0.25, -0.2) is 4.79 Å². The van der Waals surface area contributed by atoms with Crippen LogP contribution in [0.1, 0.15) is 16.1 Å². The number of benzene rings is 1. The fourth-order valence-electron chi connectivity index (χ4n) is 2.07. The van der Waals surface area contributed by atoms with E-state index in [1.54, 1.807) is 36.4 Å². The van der Waals surface area contributed by atoms with E-state index in [0.717, 1.165) is 0 Å². The molecule has 2 heterocycles. The summed E-state index contributed by atoms with van der Waals surface area (Å²) in [4.78, 5) is 23.4. The van der Waals surface area contributed by atoms with Gasteiger partial charge in [0.15, 0.2) is 0 Å². The number of furan rings is 1. The van der Waals surface area contributed by atoms with E-state index in [1.165, 1.54) is 17.8 Å². The predicted octanol–water partition coefficient (Wildman–Crippen LogP) is 3.06. The topological polar surface area (TPSA) is 79.5 Å². The molecule has 1 unspecified atom stereocenters. The summed E-state index contributed by atoms with van der Waals surface area (Å²) in [7, 11) is 0. The van der Waals surface area contributed by atoms with Gasteiger partial charge in [-0.1, -0.05) is 30.0 Å². The SMILES string of the molecule is O=C1NC(S)S/C1=C\c1ccc(-c2ccccc2C(=O)O)o1. The number of aromatic carboxylic acids is 1. The van der Waals surface area contributed by atoms with Crippen molar-refractivity contribution in [3.63, 3.8) is 0 Å². The Labute approximate surface area is 135 Å². The van der Waals surface area contributed by atoms with E-state index in [1.807, 2.05) is 0 Å². The monoisotopic (exact) mass is 333 g/mol. The average Bonchev–Trinajstić information content (AvgIpc) is 3.06. The molecule has 1 aromatic heterocycles. The zero-order valence-electron chi connectivity index (χ0n) is 11.1. The minimum absolute atomic E-state index is 0.166. The summed E-state index contributed by atoms with van der Waals surface area (Å²) >= 11 is 5.46. The van der Waals surface area contributed by atoms with Crippen molar-refractivity contribution in [1.82, 2.24) is 5.32 Å². The van der Waals surface area contributed by atoms with Gasteiger partial charge < -0.3 is 14.8 Å². The molecule has 22 heavy (non-hydrogen) atoms. The summed E-state index contributed by atoms with van der Waals surface area (Å²) in [6, 6.07) is 9.98. The van der Waals surface area contributed by atoms with Crippen LogP contribution in [0, 0.1) is 0 Å². The quantitative estimate of drug-likeness (QED) is 0.594. The molecule has 1 amide bonds. The molecule has 1 aromatic carbocycles. The lowest BCUT2D eigenvalue weighted by atomic mass is 10.1. The van der Waals surface area contributed by atoms with Gasteiger partial charge in [-0.3, -0.25) is 4.79 Å². The molecule has 0 aliphatic carbocycles. The molecule has 2 N–H and O–H groups in total. The van der Waals surface area contributed by atoms with Crippen molar-refractivity contribution >= 4 is 42.3 Å². The van der Waals surface area contributed by atoms with Gasteiger partial charge in [0.2, 0.25) is 0 Å². The molecular formula is C15H11NO4S2. The second kappa shape index (κ2) is 5.94. The van der Waals surface area contributed by atoms with Crippen LogP contribution in [0.3, 0.4) is 0 Å². The molecule has 1 aliphatic rings. The van der Waals surface area contributed by atoms with Gasteiger partial charge in [-0.15, -0.1) is 12.6 Å². The Kier molecular flexibility index (Phi) is 4.00. The third-order valence-electron chi connectivity index (χ3n) is 3.04. The first kappa shape index (κ1) is 14.8. The van der Waals surface area contributed by atoms with Gasteiger partial charge in [0.25, 0.3) is 5.91 Å². The Morgan fingerprint density at radius 2 is 2.09 bits per heavy atom. The van der Waals surface area contributed by atoms with Gasteiger partial charge in [0.1, 0.15) is 16.2 Å². The van der Waals surface area contributed by atoms with Crippen molar-refractivity contribution in [3.8, 4) is 11.3 Å². The summed E-state index contributed by atoms with van der Waals surface area (Å²) in [5, 5.41) is 11.9. The van der Waals surface area contributed by atoms with Crippen LogP contribution in [-0.2, 0) is 4.79 Å². The summed E-state index contributed by atoms with van der Waals surface area (Å²) < 4.78 is 5.38. The Bertz CT molecular complexity index is 781. The molecule has 1 atom stereocenters. The van der Waals surface area contributed by atoms with Crippen LogP contribution in [0.2, 0.25) is 0 Å². The number of carboxylic acid groups (broad SMARTS) is 1. The standard InChI is InChI=1S/C15H11NO4S2/c17-13-12(22-15(21)16-13)7-8-5-6-11(20-8)9-3-1-2-4-10(9)14(18)19/h1-7,15,21H,(H,16,17)(H,18,19)/b12-7-. The average molecular weight is 333 g/mol.